The van der Waals surface area contributed by atoms with E-state index in [2.05, 4.69) is 5.32 Å². The van der Waals surface area contributed by atoms with Crippen molar-refractivity contribution in [2.45, 2.75) is 6.92 Å². The number of benzene rings is 3. The van der Waals surface area contributed by atoms with Gasteiger partial charge in [0.05, 0.1) is 35.6 Å². The number of carbonyl (C=O) groups is 2. The molecule has 5 nitrogen and oxygen atoms in total. The van der Waals surface area contributed by atoms with Gasteiger partial charge in [-0.25, -0.2) is 4.79 Å². The van der Waals surface area contributed by atoms with Gasteiger partial charge in [-0.05, 0) is 48.0 Å². The van der Waals surface area contributed by atoms with Crippen molar-refractivity contribution in [2.75, 3.05) is 19.0 Å². The molecule has 0 saturated heterocycles. The Morgan fingerprint density at radius 2 is 1.74 bits per heavy atom. The van der Waals surface area contributed by atoms with Crippen LogP contribution in [0.4, 0.5) is 5.69 Å². The number of hydrogen-bond donors (Lipinski definition) is 1. The molecule has 0 spiro atoms. The Balaban J connectivity index is 1.89. The summed E-state index contributed by atoms with van der Waals surface area (Å²) in [4.78, 5) is 24.5. The van der Waals surface area contributed by atoms with Crippen molar-refractivity contribution < 1.29 is 19.1 Å². The predicted octanol–water partition coefficient (Wildman–Crippen LogP) is 4.93. The first-order chi connectivity index (χ1) is 13.0. The average molecular weight is 384 g/mol. The van der Waals surface area contributed by atoms with E-state index in [-0.39, 0.29) is 17.5 Å². The monoisotopic (exact) mass is 383 g/mol. The normalized spacial score (nSPS) is 10.5. The molecule has 0 heterocycles. The molecule has 0 aliphatic carbocycles. The van der Waals surface area contributed by atoms with E-state index < -0.39 is 5.97 Å². The molecular formula is C21H18ClNO4. The first-order valence-corrected chi connectivity index (χ1v) is 8.76. The fraction of sp³-hybridized carbons (Fsp3) is 0.143. The Hall–Kier alpha value is -3.05. The van der Waals surface area contributed by atoms with Gasteiger partial charge >= 0.3 is 5.97 Å². The molecule has 0 saturated carbocycles. The van der Waals surface area contributed by atoms with Crippen LogP contribution in [0.3, 0.4) is 0 Å². The van der Waals surface area contributed by atoms with Crippen LogP contribution >= 0.6 is 11.6 Å². The summed E-state index contributed by atoms with van der Waals surface area (Å²) in [6.45, 7) is 2.00. The van der Waals surface area contributed by atoms with Crippen LogP contribution in [-0.4, -0.2) is 25.6 Å². The predicted molar refractivity (Wildman–Crippen MR) is 106 cm³/mol. The molecule has 0 aliphatic rings. The Bertz CT molecular complexity index is 1020. The van der Waals surface area contributed by atoms with Gasteiger partial charge in [0.15, 0.2) is 0 Å². The summed E-state index contributed by atoms with van der Waals surface area (Å²) in [5, 5.41) is 4.90. The standard InChI is InChI=1S/C21H18ClNO4/c1-3-27-21(25)15-8-9-18(17(22)11-15)23-20(24)16-10-13-6-4-5-7-14(13)12-19(16)26-2/h4-12H,3H2,1-2H3,(H,23,24). The maximum absolute atomic E-state index is 12.8. The zero-order chi connectivity index (χ0) is 19.4. The smallest absolute Gasteiger partial charge is 0.338 e. The quantitative estimate of drug-likeness (QED) is 0.634. The highest BCUT2D eigenvalue weighted by atomic mass is 35.5. The van der Waals surface area contributed by atoms with E-state index in [1.807, 2.05) is 30.3 Å². The van der Waals surface area contributed by atoms with E-state index in [0.717, 1.165) is 10.8 Å². The maximum atomic E-state index is 12.8. The van der Waals surface area contributed by atoms with Gasteiger partial charge in [0.2, 0.25) is 0 Å². The number of esters is 1. The molecule has 138 valence electrons. The third-order valence-corrected chi connectivity index (χ3v) is 4.35. The number of halogens is 1. The van der Waals surface area contributed by atoms with Gasteiger partial charge in [-0.1, -0.05) is 35.9 Å². The summed E-state index contributed by atoms with van der Waals surface area (Å²) in [7, 11) is 1.52. The van der Waals surface area contributed by atoms with Crippen LogP contribution in [0.1, 0.15) is 27.6 Å². The van der Waals surface area contributed by atoms with Crippen molar-refractivity contribution in [3.63, 3.8) is 0 Å². The molecule has 3 rings (SSSR count). The molecule has 0 unspecified atom stereocenters. The topological polar surface area (TPSA) is 64.6 Å². The molecule has 3 aromatic rings. The second-order valence-corrected chi connectivity index (χ2v) is 6.18. The van der Waals surface area contributed by atoms with E-state index in [1.54, 1.807) is 25.1 Å². The Labute approximate surface area is 161 Å². The number of amides is 1. The lowest BCUT2D eigenvalue weighted by Crippen LogP contribution is -2.14. The summed E-state index contributed by atoms with van der Waals surface area (Å²) >= 11 is 6.22. The molecule has 0 aromatic heterocycles. The molecule has 0 radical (unpaired) electrons. The lowest BCUT2D eigenvalue weighted by atomic mass is 10.1. The van der Waals surface area contributed by atoms with Crippen molar-refractivity contribution in [2.24, 2.45) is 0 Å². The van der Waals surface area contributed by atoms with Gasteiger partial charge in [-0.15, -0.1) is 0 Å². The van der Waals surface area contributed by atoms with E-state index in [9.17, 15) is 9.59 Å². The lowest BCUT2D eigenvalue weighted by molar-refractivity contribution is 0.0526. The summed E-state index contributed by atoms with van der Waals surface area (Å²) in [6.07, 6.45) is 0. The van der Waals surface area contributed by atoms with E-state index in [1.165, 1.54) is 13.2 Å². The zero-order valence-corrected chi connectivity index (χ0v) is 15.7. The van der Waals surface area contributed by atoms with Crippen molar-refractivity contribution in [3.05, 3.63) is 70.7 Å². The molecular weight excluding hydrogens is 366 g/mol. The highest BCUT2D eigenvalue weighted by molar-refractivity contribution is 6.34. The minimum Gasteiger partial charge on any atom is -0.496 e. The van der Waals surface area contributed by atoms with Crippen molar-refractivity contribution >= 4 is 39.9 Å². The Morgan fingerprint density at radius 1 is 1.04 bits per heavy atom. The lowest BCUT2D eigenvalue weighted by Gasteiger charge is -2.12. The van der Waals surface area contributed by atoms with Crippen molar-refractivity contribution in [1.82, 2.24) is 0 Å². The van der Waals surface area contributed by atoms with E-state index in [4.69, 9.17) is 21.1 Å². The van der Waals surface area contributed by atoms with Crippen LogP contribution in [0.15, 0.2) is 54.6 Å². The first kappa shape index (κ1) is 18.7. The van der Waals surface area contributed by atoms with Gasteiger partial charge in [0.25, 0.3) is 5.91 Å². The van der Waals surface area contributed by atoms with Crippen molar-refractivity contribution in [3.8, 4) is 5.75 Å². The number of methoxy groups -OCH3 is 1. The van der Waals surface area contributed by atoms with Crippen LogP contribution in [0.5, 0.6) is 5.75 Å². The number of hydrogen-bond acceptors (Lipinski definition) is 4. The fourth-order valence-corrected chi connectivity index (χ4v) is 2.94. The number of carbonyl (C=O) groups excluding carboxylic acids is 2. The molecule has 0 fully saturated rings. The number of nitrogens with one attached hydrogen (secondary N) is 1. The molecule has 6 heteroatoms. The molecule has 0 atom stereocenters. The number of ether oxygens (including phenoxy) is 2. The molecule has 0 bridgehead atoms. The van der Waals surface area contributed by atoms with Crippen LogP contribution in [0, 0.1) is 0 Å². The second-order valence-electron chi connectivity index (χ2n) is 5.77. The van der Waals surface area contributed by atoms with E-state index in [0.29, 0.717) is 22.6 Å². The van der Waals surface area contributed by atoms with Gasteiger partial charge in [-0.3, -0.25) is 4.79 Å². The third-order valence-electron chi connectivity index (χ3n) is 4.04. The summed E-state index contributed by atoms with van der Waals surface area (Å²) in [5.41, 5.74) is 1.11. The van der Waals surface area contributed by atoms with Crippen LogP contribution < -0.4 is 10.1 Å². The zero-order valence-electron chi connectivity index (χ0n) is 14.9. The number of fused-ring (bicyclic) bond motifs is 1. The second kappa shape index (κ2) is 8.10. The summed E-state index contributed by atoms with van der Waals surface area (Å²) in [5.74, 6) is -0.359. The highest BCUT2D eigenvalue weighted by Crippen LogP contribution is 2.29. The van der Waals surface area contributed by atoms with E-state index >= 15 is 0 Å². The third kappa shape index (κ3) is 4.04. The maximum Gasteiger partial charge on any atom is 0.338 e. The summed E-state index contributed by atoms with van der Waals surface area (Å²) < 4.78 is 10.3. The molecule has 0 aliphatic heterocycles. The Morgan fingerprint density at radius 3 is 2.37 bits per heavy atom. The molecule has 27 heavy (non-hydrogen) atoms. The molecule has 1 N–H and O–H groups in total. The molecule has 3 aromatic carbocycles. The summed E-state index contributed by atoms with van der Waals surface area (Å²) in [6, 6.07) is 15.9. The van der Waals surface area contributed by atoms with Crippen LogP contribution in [-0.2, 0) is 4.74 Å². The highest BCUT2D eigenvalue weighted by Gasteiger charge is 2.16. The number of rotatable bonds is 5. The Kier molecular flexibility index (Phi) is 5.62. The SMILES string of the molecule is CCOC(=O)c1ccc(NC(=O)c2cc3ccccc3cc2OC)c(Cl)c1. The van der Waals surface area contributed by atoms with Crippen LogP contribution in [0.25, 0.3) is 10.8 Å². The average Bonchev–Trinajstić information content (AvgIpc) is 2.68. The number of anilines is 1. The first-order valence-electron chi connectivity index (χ1n) is 8.38. The van der Waals surface area contributed by atoms with Crippen molar-refractivity contribution in [1.29, 1.82) is 0 Å². The van der Waals surface area contributed by atoms with Gasteiger partial charge in [-0.2, -0.15) is 0 Å². The van der Waals surface area contributed by atoms with Gasteiger partial charge in [0.1, 0.15) is 5.75 Å². The molecule has 1 amide bonds. The van der Waals surface area contributed by atoms with Gasteiger partial charge in [0, 0.05) is 0 Å². The fourth-order valence-electron chi connectivity index (χ4n) is 2.71. The largest absolute Gasteiger partial charge is 0.496 e. The minimum absolute atomic E-state index is 0.244. The van der Waals surface area contributed by atoms with Gasteiger partial charge < -0.3 is 14.8 Å². The van der Waals surface area contributed by atoms with Crippen LogP contribution in [0.2, 0.25) is 5.02 Å². The minimum atomic E-state index is -0.464.